The van der Waals surface area contributed by atoms with Crippen LogP contribution in [0.25, 0.3) is 0 Å². The summed E-state index contributed by atoms with van der Waals surface area (Å²) in [7, 11) is 3.25. The van der Waals surface area contributed by atoms with Crippen molar-refractivity contribution in [3.05, 3.63) is 0 Å². The largest absolute Gasteiger partial charge is 1.00 e. The zero-order valence-electron chi connectivity index (χ0n) is 2.79. The van der Waals surface area contributed by atoms with E-state index in [1.165, 1.54) is 0 Å². The molecule has 0 spiro atoms. The van der Waals surface area contributed by atoms with Crippen LogP contribution in [0.4, 0.5) is 0 Å². The summed E-state index contributed by atoms with van der Waals surface area (Å²) in [5, 5.41) is 0. The fraction of sp³-hybridized carbons (Fsp3) is 1.00. The van der Waals surface area contributed by atoms with Gasteiger partial charge in [-0.3, -0.25) is 0 Å². The minimum atomic E-state index is 0. The van der Waals surface area contributed by atoms with Crippen molar-refractivity contribution in [2.45, 2.75) is 0 Å². The highest BCUT2D eigenvalue weighted by Crippen LogP contribution is 1.28. The molecule has 0 aliphatic heterocycles. The summed E-state index contributed by atoms with van der Waals surface area (Å²) in [6, 6.07) is 0. The van der Waals surface area contributed by atoms with E-state index in [2.05, 4.69) is 4.74 Å². The van der Waals surface area contributed by atoms with Gasteiger partial charge in [0.05, 0.1) is 0 Å². The molecule has 0 saturated heterocycles. The van der Waals surface area contributed by atoms with Gasteiger partial charge in [0, 0.05) is 14.2 Å². The number of ether oxygens (including phenoxy) is 1. The maximum Gasteiger partial charge on any atom is 0.0351 e. The molecule has 2 heteroatoms. The Labute approximate surface area is 32.4 Å². The summed E-state index contributed by atoms with van der Waals surface area (Å²) in [6.45, 7) is 0. The average molecular weight is 81.5 g/mol. The molecule has 0 aliphatic rings. The van der Waals surface area contributed by atoms with Crippen LogP contribution in [-0.4, -0.2) is 14.2 Å². The molecule has 0 heterocycles. The molecule has 0 bridgehead atoms. The fourth-order valence-corrected chi connectivity index (χ4v) is 0. The molecule has 0 aromatic carbocycles. The van der Waals surface area contributed by atoms with E-state index in [-0.39, 0.29) is 12.4 Å². The molecule has 0 aliphatic carbocycles. The van der Waals surface area contributed by atoms with Crippen molar-refractivity contribution in [1.29, 1.82) is 0 Å². The molecule has 0 aromatic heterocycles. The van der Waals surface area contributed by atoms with Gasteiger partial charge in [0.1, 0.15) is 0 Å². The zero-order chi connectivity index (χ0) is 2.71. The van der Waals surface area contributed by atoms with Gasteiger partial charge in [0.15, 0.2) is 0 Å². The molecule has 0 aromatic rings. The monoisotopic (exact) mass is 81.0 g/mol. The molecule has 0 radical (unpaired) electrons. The van der Waals surface area contributed by atoms with Crippen LogP contribution in [0.5, 0.6) is 0 Å². The summed E-state index contributed by atoms with van der Waals surface area (Å²) in [4.78, 5) is 0. The second-order valence-corrected chi connectivity index (χ2v) is 0.408. The first-order chi connectivity index (χ1) is 1.41. The van der Waals surface area contributed by atoms with E-state index in [0.717, 1.165) is 0 Å². The molecule has 0 atom stereocenters. The molecule has 0 saturated carbocycles. The van der Waals surface area contributed by atoms with Crippen molar-refractivity contribution < 1.29 is 17.1 Å². The van der Waals surface area contributed by atoms with Crippen molar-refractivity contribution in [3.63, 3.8) is 0 Å². The third-order valence-electron chi connectivity index (χ3n) is 0. The van der Waals surface area contributed by atoms with Crippen molar-refractivity contribution >= 4 is 0 Å². The van der Waals surface area contributed by atoms with Crippen LogP contribution >= 0.6 is 0 Å². The topological polar surface area (TPSA) is 9.23 Å². The second-order valence-electron chi connectivity index (χ2n) is 0.408. The first-order valence-corrected chi connectivity index (χ1v) is 0.816. The van der Waals surface area contributed by atoms with Crippen LogP contribution in [0.1, 0.15) is 0 Å². The normalized spacial score (nSPS) is 4.50. The van der Waals surface area contributed by atoms with E-state index in [1.807, 2.05) is 0 Å². The number of rotatable bonds is 0. The third-order valence-corrected chi connectivity index (χ3v) is 0. The molecule has 0 rings (SSSR count). The summed E-state index contributed by atoms with van der Waals surface area (Å²) in [5.41, 5.74) is 0. The lowest BCUT2D eigenvalue weighted by Gasteiger charge is -1.61. The average Bonchev–Trinajstić information content (AvgIpc) is 0.918. The molecule has 1 nitrogen and oxygen atoms in total. The number of methoxy groups -OCH3 is 1. The zero-order valence-corrected chi connectivity index (χ0v) is 3.54. The van der Waals surface area contributed by atoms with Gasteiger partial charge < -0.3 is 17.1 Å². The quantitative estimate of drug-likeness (QED) is 0.308. The molecule has 0 amide bonds. The van der Waals surface area contributed by atoms with Gasteiger partial charge in [0.2, 0.25) is 0 Å². The van der Waals surface area contributed by atoms with Crippen LogP contribution in [0.15, 0.2) is 0 Å². The predicted octanol–water partition coefficient (Wildman–Crippen LogP) is -2.73. The lowest BCUT2D eigenvalue weighted by Crippen LogP contribution is -3.00. The van der Waals surface area contributed by atoms with Crippen LogP contribution in [-0.2, 0) is 4.74 Å². The Hall–Kier alpha value is 0.250. The van der Waals surface area contributed by atoms with Crippen LogP contribution in [0.3, 0.4) is 0 Å². The van der Waals surface area contributed by atoms with E-state index in [1.54, 1.807) is 14.2 Å². The highest BCUT2D eigenvalue weighted by molar-refractivity contribution is 3.56. The van der Waals surface area contributed by atoms with Crippen molar-refractivity contribution in [3.8, 4) is 0 Å². The second kappa shape index (κ2) is 10.5. The minimum absolute atomic E-state index is 0. The fourth-order valence-electron chi connectivity index (χ4n) is 0. The summed E-state index contributed by atoms with van der Waals surface area (Å²) >= 11 is 0. The Morgan fingerprint density at radius 1 is 1.25 bits per heavy atom. The molecular weight excluding hydrogens is 75.5 g/mol. The lowest BCUT2D eigenvalue weighted by molar-refractivity contribution is -0.000000935. The SMILES string of the molecule is COC.[Cl-]. The van der Waals surface area contributed by atoms with E-state index in [4.69, 9.17) is 0 Å². The molecule has 0 N–H and O–H groups in total. The maximum absolute atomic E-state index is 4.25. The molecule has 28 valence electrons. The van der Waals surface area contributed by atoms with Gasteiger partial charge in [-0.2, -0.15) is 0 Å². The minimum Gasteiger partial charge on any atom is -1.00 e. The first-order valence-electron chi connectivity index (χ1n) is 0.816. The predicted molar refractivity (Wildman–Crippen MR) is 12.9 cm³/mol. The summed E-state index contributed by atoms with van der Waals surface area (Å²) in [5.74, 6) is 0. The van der Waals surface area contributed by atoms with Gasteiger partial charge in [0.25, 0.3) is 0 Å². The van der Waals surface area contributed by atoms with Crippen LogP contribution < -0.4 is 12.4 Å². The van der Waals surface area contributed by atoms with Crippen LogP contribution in [0.2, 0.25) is 0 Å². The Kier molecular flexibility index (Phi) is 23.3. The highest BCUT2D eigenvalue weighted by atomic mass is 35.5. The smallest absolute Gasteiger partial charge is 0.0351 e. The Bertz CT molecular complexity index is 6.00. The van der Waals surface area contributed by atoms with Crippen molar-refractivity contribution in [2.75, 3.05) is 14.2 Å². The maximum atomic E-state index is 4.25. The van der Waals surface area contributed by atoms with Gasteiger partial charge in [-0.1, -0.05) is 0 Å². The third kappa shape index (κ3) is 56.3. The molecule has 4 heavy (non-hydrogen) atoms. The standard InChI is InChI=1S/C2H6O.ClH/c1-3-2;/h1-2H3;1H/p-1. The van der Waals surface area contributed by atoms with Gasteiger partial charge in [-0.15, -0.1) is 0 Å². The lowest BCUT2D eigenvalue weighted by atomic mass is 11.6. The van der Waals surface area contributed by atoms with E-state index < -0.39 is 0 Å². The van der Waals surface area contributed by atoms with E-state index >= 15 is 0 Å². The van der Waals surface area contributed by atoms with Crippen molar-refractivity contribution in [1.82, 2.24) is 0 Å². The molecular formula is C2H6ClO-. The first kappa shape index (κ1) is 8.87. The Morgan fingerprint density at radius 2 is 1.25 bits per heavy atom. The summed E-state index contributed by atoms with van der Waals surface area (Å²) in [6.07, 6.45) is 0. The molecule has 0 unspecified atom stereocenters. The molecule has 0 fully saturated rings. The number of hydrogen-bond acceptors (Lipinski definition) is 1. The van der Waals surface area contributed by atoms with Crippen molar-refractivity contribution in [2.24, 2.45) is 0 Å². The van der Waals surface area contributed by atoms with Gasteiger partial charge in [-0.25, -0.2) is 0 Å². The Balaban J connectivity index is 0. The highest BCUT2D eigenvalue weighted by Gasteiger charge is 1.25. The number of halogens is 1. The van der Waals surface area contributed by atoms with Gasteiger partial charge in [-0.05, 0) is 0 Å². The van der Waals surface area contributed by atoms with Crippen LogP contribution in [0, 0.1) is 0 Å². The Morgan fingerprint density at radius 3 is 1.25 bits per heavy atom. The van der Waals surface area contributed by atoms with Gasteiger partial charge >= 0.3 is 0 Å². The van der Waals surface area contributed by atoms with E-state index in [9.17, 15) is 0 Å². The summed E-state index contributed by atoms with van der Waals surface area (Å²) < 4.78 is 4.25. The van der Waals surface area contributed by atoms with E-state index in [0.29, 0.717) is 0 Å². The number of hydrogen-bond donors (Lipinski definition) is 0.